The number of nitrogens with zero attached hydrogens (tertiary/aromatic N) is 3. The van der Waals surface area contributed by atoms with Gasteiger partial charge in [-0.2, -0.15) is 0 Å². The number of pyridine rings is 1. The molecule has 2 aromatic rings. The highest BCUT2D eigenvalue weighted by molar-refractivity contribution is 5.94. The molecule has 1 atom stereocenters. The molecule has 2 heterocycles. The van der Waals surface area contributed by atoms with Crippen molar-refractivity contribution in [1.82, 2.24) is 14.8 Å². The normalized spacial score (nSPS) is 17.9. The van der Waals surface area contributed by atoms with Crippen LogP contribution < -0.4 is 5.73 Å². The van der Waals surface area contributed by atoms with Crippen molar-refractivity contribution in [3.05, 3.63) is 48.0 Å². The van der Waals surface area contributed by atoms with Crippen molar-refractivity contribution in [3.63, 3.8) is 0 Å². The summed E-state index contributed by atoms with van der Waals surface area (Å²) in [5, 5.41) is 9.43. The van der Waals surface area contributed by atoms with E-state index >= 15 is 0 Å². The number of carbonyl (C=O) groups is 1. The molecule has 3 rings (SSSR count). The van der Waals surface area contributed by atoms with Gasteiger partial charge in [0.2, 0.25) is 0 Å². The van der Waals surface area contributed by atoms with Crippen LogP contribution >= 0.6 is 0 Å². The number of nitrogens with two attached hydrogens (primary N) is 1. The van der Waals surface area contributed by atoms with Crippen LogP contribution in [0.5, 0.6) is 0 Å². The number of carbonyl (C=O) groups excluding carboxylic acids is 1. The molecule has 0 bridgehead atoms. The number of nitrogen functional groups attached to an aromatic ring is 1. The van der Waals surface area contributed by atoms with Crippen LogP contribution in [0, 0.1) is 5.92 Å². The third kappa shape index (κ3) is 4.88. The molecule has 1 fully saturated rings. The van der Waals surface area contributed by atoms with Crippen LogP contribution in [0.3, 0.4) is 0 Å². The van der Waals surface area contributed by atoms with Gasteiger partial charge in [0, 0.05) is 50.0 Å². The van der Waals surface area contributed by atoms with Crippen LogP contribution in [-0.2, 0) is 0 Å². The summed E-state index contributed by atoms with van der Waals surface area (Å²) >= 11 is 0. The number of aromatic nitrogens is 1. The topological polar surface area (TPSA) is 82.7 Å². The lowest BCUT2D eigenvalue weighted by molar-refractivity contribution is 0.0384. The highest BCUT2D eigenvalue weighted by Crippen LogP contribution is 2.21. The van der Waals surface area contributed by atoms with Gasteiger partial charge in [0.1, 0.15) is 5.82 Å². The molecule has 0 spiro atoms. The average molecular weight is 383 g/mol. The Morgan fingerprint density at radius 1 is 1.21 bits per heavy atom. The molecule has 1 aliphatic rings. The SMILES string of the molecule is CC(C)CN1CCN(C(=O)c2ccc(-c3cccc(N)n3)cc2)C[C@@H]1CCO. The predicted octanol–water partition coefficient (Wildman–Crippen LogP) is 2.50. The van der Waals surface area contributed by atoms with Crippen LogP contribution in [-0.4, -0.2) is 64.6 Å². The summed E-state index contributed by atoms with van der Waals surface area (Å²) in [5.41, 5.74) is 8.16. The van der Waals surface area contributed by atoms with Gasteiger partial charge in [-0.3, -0.25) is 9.69 Å². The fourth-order valence-corrected chi connectivity index (χ4v) is 3.79. The van der Waals surface area contributed by atoms with Gasteiger partial charge in [-0.15, -0.1) is 0 Å². The average Bonchev–Trinajstić information content (AvgIpc) is 2.69. The molecule has 1 aliphatic heterocycles. The second kappa shape index (κ2) is 9.17. The summed E-state index contributed by atoms with van der Waals surface area (Å²) < 4.78 is 0. The van der Waals surface area contributed by atoms with Gasteiger partial charge < -0.3 is 15.7 Å². The number of piperazine rings is 1. The van der Waals surface area contributed by atoms with Crippen molar-refractivity contribution >= 4 is 11.7 Å². The van der Waals surface area contributed by atoms with Crippen LogP contribution in [0.25, 0.3) is 11.3 Å². The standard InChI is InChI=1S/C22H30N4O2/c1-16(2)14-25-11-12-26(15-19(25)10-13-27)22(28)18-8-6-17(7-9-18)20-4-3-5-21(23)24-20/h3-9,16,19,27H,10-15H2,1-2H3,(H2,23,24)/t19-/m0/s1. The van der Waals surface area contributed by atoms with E-state index in [0.717, 1.165) is 24.3 Å². The van der Waals surface area contributed by atoms with E-state index in [1.807, 2.05) is 41.3 Å². The Kier molecular flexibility index (Phi) is 6.65. The molecule has 0 radical (unpaired) electrons. The molecule has 6 nitrogen and oxygen atoms in total. The van der Waals surface area contributed by atoms with Crippen LogP contribution in [0.4, 0.5) is 5.82 Å². The van der Waals surface area contributed by atoms with Gasteiger partial charge in [0.05, 0.1) is 5.69 Å². The quantitative estimate of drug-likeness (QED) is 0.802. The first kappa shape index (κ1) is 20.3. The van der Waals surface area contributed by atoms with Gasteiger partial charge in [0.15, 0.2) is 0 Å². The van der Waals surface area contributed by atoms with E-state index in [4.69, 9.17) is 5.73 Å². The second-order valence-corrected chi connectivity index (χ2v) is 7.83. The molecule has 0 saturated carbocycles. The zero-order chi connectivity index (χ0) is 20.1. The Labute approximate surface area is 167 Å². The van der Waals surface area contributed by atoms with Crippen molar-refractivity contribution in [2.75, 3.05) is 38.5 Å². The largest absolute Gasteiger partial charge is 0.396 e. The Hall–Kier alpha value is -2.44. The molecule has 1 amide bonds. The molecule has 1 aromatic carbocycles. The molecule has 0 unspecified atom stereocenters. The van der Waals surface area contributed by atoms with Crippen molar-refractivity contribution in [2.45, 2.75) is 26.3 Å². The van der Waals surface area contributed by atoms with E-state index in [2.05, 4.69) is 23.7 Å². The van der Waals surface area contributed by atoms with Gasteiger partial charge >= 0.3 is 0 Å². The second-order valence-electron chi connectivity index (χ2n) is 7.83. The first-order chi connectivity index (χ1) is 13.5. The van der Waals surface area contributed by atoms with E-state index in [0.29, 0.717) is 36.8 Å². The van der Waals surface area contributed by atoms with Gasteiger partial charge in [0.25, 0.3) is 5.91 Å². The minimum atomic E-state index is 0.0409. The van der Waals surface area contributed by atoms with Crippen LogP contribution in [0.15, 0.2) is 42.5 Å². The molecular formula is C22H30N4O2. The zero-order valence-corrected chi connectivity index (χ0v) is 16.7. The van der Waals surface area contributed by atoms with E-state index in [-0.39, 0.29) is 18.6 Å². The number of hydrogen-bond acceptors (Lipinski definition) is 5. The van der Waals surface area contributed by atoms with E-state index in [9.17, 15) is 9.90 Å². The first-order valence-corrected chi connectivity index (χ1v) is 9.95. The molecule has 1 saturated heterocycles. The predicted molar refractivity (Wildman–Crippen MR) is 112 cm³/mol. The lowest BCUT2D eigenvalue weighted by Crippen LogP contribution is -2.55. The summed E-state index contributed by atoms with van der Waals surface area (Å²) in [4.78, 5) is 21.6. The van der Waals surface area contributed by atoms with Gasteiger partial charge in [-0.1, -0.05) is 32.0 Å². The molecule has 6 heteroatoms. The fraction of sp³-hybridized carbons (Fsp3) is 0.455. The summed E-state index contributed by atoms with van der Waals surface area (Å²) in [6.07, 6.45) is 0.691. The zero-order valence-electron chi connectivity index (χ0n) is 16.7. The summed E-state index contributed by atoms with van der Waals surface area (Å²) in [5.74, 6) is 1.09. The van der Waals surface area contributed by atoms with Crippen molar-refractivity contribution in [1.29, 1.82) is 0 Å². The monoisotopic (exact) mass is 382 g/mol. The van der Waals surface area contributed by atoms with Crippen molar-refractivity contribution in [3.8, 4) is 11.3 Å². The minimum absolute atomic E-state index is 0.0409. The third-order valence-corrected chi connectivity index (χ3v) is 5.15. The molecule has 0 aliphatic carbocycles. The number of rotatable bonds is 6. The first-order valence-electron chi connectivity index (χ1n) is 9.95. The number of aliphatic hydroxyl groups is 1. The summed E-state index contributed by atoms with van der Waals surface area (Å²) in [6, 6.07) is 13.3. The molecule has 150 valence electrons. The minimum Gasteiger partial charge on any atom is -0.396 e. The van der Waals surface area contributed by atoms with Crippen molar-refractivity contribution < 1.29 is 9.90 Å². The molecule has 1 aromatic heterocycles. The smallest absolute Gasteiger partial charge is 0.253 e. The highest BCUT2D eigenvalue weighted by Gasteiger charge is 2.29. The maximum Gasteiger partial charge on any atom is 0.253 e. The molecule has 3 N–H and O–H groups in total. The van der Waals surface area contributed by atoms with Crippen LogP contribution in [0.2, 0.25) is 0 Å². The Morgan fingerprint density at radius 2 is 1.96 bits per heavy atom. The summed E-state index contributed by atoms with van der Waals surface area (Å²) in [7, 11) is 0. The highest BCUT2D eigenvalue weighted by atomic mass is 16.3. The number of benzene rings is 1. The number of amides is 1. The van der Waals surface area contributed by atoms with E-state index in [1.165, 1.54) is 0 Å². The van der Waals surface area contributed by atoms with Crippen molar-refractivity contribution in [2.24, 2.45) is 5.92 Å². The number of aliphatic hydroxyl groups excluding tert-OH is 1. The van der Waals surface area contributed by atoms with Gasteiger partial charge in [-0.05, 0) is 36.6 Å². The van der Waals surface area contributed by atoms with Crippen LogP contribution in [0.1, 0.15) is 30.6 Å². The maximum absolute atomic E-state index is 13.0. The molecular weight excluding hydrogens is 352 g/mol. The van der Waals surface area contributed by atoms with Gasteiger partial charge in [-0.25, -0.2) is 4.98 Å². The third-order valence-electron chi connectivity index (χ3n) is 5.15. The Balaban J connectivity index is 1.69. The van der Waals surface area contributed by atoms with E-state index < -0.39 is 0 Å². The lowest BCUT2D eigenvalue weighted by atomic mass is 10.0. The Morgan fingerprint density at radius 3 is 2.61 bits per heavy atom. The number of anilines is 1. The lowest BCUT2D eigenvalue weighted by Gasteiger charge is -2.42. The maximum atomic E-state index is 13.0. The fourth-order valence-electron chi connectivity index (χ4n) is 3.79. The van der Waals surface area contributed by atoms with E-state index in [1.54, 1.807) is 6.07 Å². The molecule has 28 heavy (non-hydrogen) atoms. The summed E-state index contributed by atoms with van der Waals surface area (Å²) in [6.45, 7) is 7.75. The number of hydrogen-bond donors (Lipinski definition) is 2. The Bertz CT molecular complexity index is 791.